The maximum absolute atomic E-state index is 12.5. The smallest absolute Gasteiger partial charge is 0.370 e. The maximum atomic E-state index is 12.5. The number of hydrogen-bond donors (Lipinski definition) is 1. The first kappa shape index (κ1) is 13.8. The summed E-state index contributed by atoms with van der Waals surface area (Å²) in [5.74, 6) is 0.265. The van der Waals surface area contributed by atoms with Crippen LogP contribution in [0.5, 0.6) is 0 Å². The van der Waals surface area contributed by atoms with Crippen LogP contribution in [-0.4, -0.2) is 11.5 Å². The van der Waals surface area contributed by atoms with Crippen LogP contribution < -0.4 is 5.32 Å². The van der Waals surface area contributed by atoms with E-state index in [-0.39, 0.29) is 11.2 Å². The van der Waals surface area contributed by atoms with Crippen molar-refractivity contribution in [2.45, 2.75) is 33.4 Å². The third-order valence-electron chi connectivity index (χ3n) is 2.79. The van der Waals surface area contributed by atoms with E-state index in [9.17, 15) is 13.2 Å². The standard InChI is InChI=1S/C12H17F3N2/c1-4-11(2,3)8-17-10-7-9(5-6-16-10)12(13,14)15/h5-7H,4,8H2,1-3H3,(H,16,17). The average Bonchev–Trinajstić information content (AvgIpc) is 2.26. The third kappa shape index (κ3) is 4.24. The Kier molecular flexibility index (Phi) is 4.01. The number of nitrogens with zero attached hydrogens (tertiary/aromatic N) is 1. The summed E-state index contributed by atoms with van der Waals surface area (Å²) >= 11 is 0. The Bertz CT molecular complexity index is 372. The third-order valence-corrected chi connectivity index (χ3v) is 2.79. The SMILES string of the molecule is CCC(C)(C)CNc1cc(C(F)(F)F)ccn1. The van der Waals surface area contributed by atoms with Gasteiger partial charge in [0.25, 0.3) is 0 Å². The molecule has 96 valence electrons. The lowest BCUT2D eigenvalue weighted by Gasteiger charge is -2.23. The van der Waals surface area contributed by atoms with Crippen molar-refractivity contribution in [3.05, 3.63) is 23.9 Å². The molecule has 0 saturated heterocycles. The van der Waals surface area contributed by atoms with E-state index in [2.05, 4.69) is 10.3 Å². The highest BCUT2D eigenvalue weighted by Crippen LogP contribution is 2.30. The molecule has 0 saturated carbocycles. The Morgan fingerprint density at radius 2 is 1.94 bits per heavy atom. The van der Waals surface area contributed by atoms with Crippen molar-refractivity contribution in [1.29, 1.82) is 0 Å². The first-order valence-corrected chi connectivity index (χ1v) is 5.52. The van der Waals surface area contributed by atoms with Crippen LogP contribution in [0.2, 0.25) is 0 Å². The molecule has 0 unspecified atom stereocenters. The van der Waals surface area contributed by atoms with Crippen LogP contribution in [0.25, 0.3) is 0 Å². The molecule has 0 aromatic carbocycles. The number of pyridine rings is 1. The van der Waals surface area contributed by atoms with Gasteiger partial charge in [0.05, 0.1) is 5.56 Å². The van der Waals surface area contributed by atoms with E-state index >= 15 is 0 Å². The van der Waals surface area contributed by atoms with Gasteiger partial charge in [0.15, 0.2) is 0 Å². The molecular weight excluding hydrogens is 229 g/mol. The fraction of sp³-hybridized carbons (Fsp3) is 0.583. The molecule has 1 rings (SSSR count). The molecule has 2 nitrogen and oxygen atoms in total. The van der Waals surface area contributed by atoms with Crippen molar-refractivity contribution in [1.82, 2.24) is 4.98 Å². The number of nitrogens with one attached hydrogen (secondary N) is 1. The molecule has 1 heterocycles. The molecule has 0 bridgehead atoms. The molecular formula is C12H17F3N2. The minimum absolute atomic E-state index is 0.0376. The lowest BCUT2D eigenvalue weighted by atomic mass is 9.90. The van der Waals surface area contributed by atoms with Gasteiger partial charge in [-0.2, -0.15) is 13.2 Å². The van der Waals surface area contributed by atoms with E-state index in [0.717, 1.165) is 18.6 Å². The number of aromatic nitrogens is 1. The van der Waals surface area contributed by atoms with Gasteiger partial charge in [-0.15, -0.1) is 0 Å². The van der Waals surface area contributed by atoms with Gasteiger partial charge in [-0.25, -0.2) is 4.98 Å². The number of halogens is 3. The Morgan fingerprint density at radius 1 is 1.29 bits per heavy atom. The predicted molar refractivity (Wildman–Crippen MR) is 61.8 cm³/mol. The molecule has 0 spiro atoms. The molecule has 17 heavy (non-hydrogen) atoms. The largest absolute Gasteiger partial charge is 0.416 e. The number of rotatable bonds is 4. The van der Waals surface area contributed by atoms with Crippen LogP contribution in [0.4, 0.5) is 19.0 Å². The van der Waals surface area contributed by atoms with Gasteiger partial charge in [-0.3, -0.25) is 0 Å². The van der Waals surface area contributed by atoms with Crippen LogP contribution in [0.3, 0.4) is 0 Å². The highest BCUT2D eigenvalue weighted by molar-refractivity contribution is 5.38. The summed E-state index contributed by atoms with van der Waals surface area (Å²) in [6.07, 6.45) is -2.21. The second kappa shape index (κ2) is 4.94. The summed E-state index contributed by atoms with van der Waals surface area (Å²) in [5, 5.41) is 2.94. The molecule has 1 aromatic heterocycles. The van der Waals surface area contributed by atoms with Crippen molar-refractivity contribution >= 4 is 5.82 Å². The second-order valence-electron chi connectivity index (χ2n) is 4.80. The van der Waals surface area contributed by atoms with Crippen LogP contribution in [0.15, 0.2) is 18.3 Å². The quantitative estimate of drug-likeness (QED) is 0.870. The van der Waals surface area contributed by atoms with Gasteiger partial charge in [0, 0.05) is 12.7 Å². The monoisotopic (exact) mass is 246 g/mol. The highest BCUT2D eigenvalue weighted by atomic mass is 19.4. The van der Waals surface area contributed by atoms with E-state index in [1.807, 2.05) is 20.8 Å². The van der Waals surface area contributed by atoms with Crippen LogP contribution in [-0.2, 0) is 6.18 Å². The van der Waals surface area contributed by atoms with Crippen molar-refractivity contribution in [2.24, 2.45) is 5.41 Å². The van der Waals surface area contributed by atoms with E-state index < -0.39 is 11.7 Å². The van der Waals surface area contributed by atoms with Gasteiger partial charge in [-0.1, -0.05) is 20.8 Å². The first-order valence-electron chi connectivity index (χ1n) is 5.52. The van der Waals surface area contributed by atoms with Gasteiger partial charge < -0.3 is 5.32 Å². The zero-order valence-electron chi connectivity index (χ0n) is 10.2. The minimum atomic E-state index is -4.32. The van der Waals surface area contributed by atoms with Crippen LogP contribution in [0, 0.1) is 5.41 Å². The predicted octanol–water partition coefficient (Wildman–Crippen LogP) is 3.95. The van der Waals surface area contributed by atoms with Gasteiger partial charge in [0.1, 0.15) is 5.82 Å². The number of alkyl halides is 3. The Hall–Kier alpha value is -1.26. The maximum Gasteiger partial charge on any atom is 0.416 e. The lowest BCUT2D eigenvalue weighted by Crippen LogP contribution is -2.22. The Morgan fingerprint density at radius 3 is 2.47 bits per heavy atom. The zero-order valence-corrected chi connectivity index (χ0v) is 10.2. The summed E-state index contributed by atoms with van der Waals surface area (Å²) in [4.78, 5) is 3.88. The average molecular weight is 246 g/mol. The normalized spacial score (nSPS) is 12.6. The summed E-state index contributed by atoms with van der Waals surface area (Å²) in [5.41, 5.74) is -0.639. The highest BCUT2D eigenvalue weighted by Gasteiger charge is 2.30. The summed E-state index contributed by atoms with van der Waals surface area (Å²) in [6.45, 7) is 6.74. The molecule has 1 aromatic rings. The number of hydrogen-bond acceptors (Lipinski definition) is 2. The summed E-state index contributed by atoms with van der Waals surface area (Å²) in [6, 6.07) is 2.00. The molecule has 0 aliphatic carbocycles. The first-order chi connectivity index (χ1) is 7.74. The van der Waals surface area contributed by atoms with E-state index in [1.165, 1.54) is 6.20 Å². The molecule has 5 heteroatoms. The fourth-order valence-electron chi connectivity index (χ4n) is 1.16. The van der Waals surface area contributed by atoms with E-state index in [4.69, 9.17) is 0 Å². The zero-order chi connectivity index (χ0) is 13.1. The molecule has 0 radical (unpaired) electrons. The number of anilines is 1. The summed E-state index contributed by atoms with van der Waals surface area (Å²) in [7, 11) is 0. The van der Waals surface area contributed by atoms with E-state index in [0.29, 0.717) is 6.54 Å². The molecule has 0 aliphatic heterocycles. The summed E-state index contributed by atoms with van der Waals surface area (Å²) < 4.78 is 37.4. The fourth-order valence-corrected chi connectivity index (χ4v) is 1.16. The molecule has 1 N–H and O–H groups in total. The van der Waals surface area contributed by atoms with Gasteiger partial charge >= 0.3 is 6.18 Å². The van der Waals surface area contributed by atoms with Crippen molar-refractivity contribution in [3.63, 3.8) is 0 Å². The van der Waals surface area contributed by atoms with Crippen LogP contribution in [0.1, 0.15) is 32.8 Å². The Labute approximate surface area is 99.3 Å². The van der Waals surface area contributed by atoms with Gasteiger partial charge in [-0.05, 0) is 24.0 Å². The topological polar surface area (TPSA) is 24.9 Å². The van der Waals surface area contributed by atoms with Crippen molar-refractivity contribution in [3.8, 4) is 0 Å². The molecule has 0 aliphatic rings. The van der Waals surface area contributed by atoms with Crippen molar-refractivity contribution in [2.75, 3.05) is 11.9 Å². The molecule has 0 atom stereocenters. The van der Waals surface area contributed by atoms with Gasteiger partial charge in [0.2, 0.25) is 0 Å². The molecule has 0 fully saturated rings. The van der Waals surface area contributed by atoms with Crippen molar-refractivity contribution < 1.29 is 13.2 Å². The van der Waals surface area contributed by atoms with E-state index in [1.54, 1.807) is 0 Å². The lowest BCUT2D eigenvalue weighted by molar-refractivity contribution is -0.137. The Balaban J connectivity index is 2.74. The second-order valence-corrected chi connectivity index (χ2v) is 4.80. The molecule has 0 amide bonds. The van der Waals surface area contributed by atoms with Crippen LogP contribution >= 0.6 is 0 Å². The minimum Gasteiger partial charge on any atom is -0.370 e.